The zero-order valence-corrected chi connectivity index (χ0v) is 17.2. The van der Waals surface area contributed by atoms with Crippen LogP contribution in [0.4, 0.5) is 0 Å². The number of aromatic nitrogens is 1. The molecular formula is C27H19NS. The van der Waals surface area contributed by atoms with Gasteiger partial charge in [-0.3, -0.25) is 0 Å². The number of para-hydroxylation sites is 1. The van der Waals surface area contributed by atoms with Crippen LogP contribution >= 0.6 is 11.3 Å². The van der Waals surface area contributed by atoms with E-state index in [2.05, 4.69) is 97.3 Å². The van der Waals surface area contributed by atoms with Crippen molar-refractivity contribution < 1.29 is 0 Å². The molecule has 29 heavy (non-hydrogen) atoms. The maximum Gasteiger partial charge on any atom is 0.0653 e. The SMILES string of the molecule is CC1(C)c2ccccc2-c2c3c(cc4c5ccccc5n1c24)sc1ccccc13. The standard InChI is InChI=1S/C27H19NS/c1-27(2)20-12-6-3-10-17(20)25-24-18-11-5-8-14-22(18)29-23(24)15-19-16-9-4-7-13-21(16)28(27)26(19)25/h3-15H,1-2H3. The lowest BCUT2D eigenvalue weighted by Gasteiger charge is -2.36. The Labute approximate surface area is 172 Å². The summed E-state index contributed by atoms with van der Waals surface area (Å²) >= 11 is 1.91. The van der Waals surface area contributed by atoms with Crippen molar-refractivity contribution in [2.45, 2.75) is 19.4 Å². The lowest BCUT2D eigenvalue weighted by atomic mass is 9.81. The molecule has 0 aliphatic carbocycles. The zero-order chi connectivity index (χ0) is 19.3. The van der Waals surface area contributed by atoms with Crippen LogP contribution in [0.25, 0.3) is 53.1 Å². The van der Waals surface area contributed by atoms with Gasteiger partial charge in [0.05, 0.1) is 11.1 Å². The van der Waals surface area contributed by atoms with Gasteiger partial charge in [0.2, 0.25) is 0 Å². The fraction of sp³-hybridized carbons (Fsp3) is 0.111. The van der Waals surface area contributed by atoms with E-state index < -0.39 is 0 Å². The molecule has 0 N–H and O–H groups in total. The molecule has 2 heteroatoms. The minimum absolute atomic E-state index is 0.107. The third kappa shape index (κ3) is 1.77. The van der Waals surface area contributed by atoms with Crippen LogP contribution in [0.1, 0.15) is 19.4 Å². The van der Waals surface area contributed by atoms with Crippen molar-refractivity contribution in [1.29, 1.82) is 0 Å². The number of fused-ring (bicyclic) bond motifs is 9. The Balaban J connectivity index is 1.89. The molecule has 0 bridgehead atoms. The predicted octanol–water partition coefficient (Wildman–Crippen LogP) is 7.93. The van der Waals surface area contributed by atoms with Crippen LogP contribution in [-0.2, 0) is 5.54 Å². The van der Waals surface area contributed by atoms with Crippen molar-refractivity contribution >= 4 is 53.3 Å². The van der Waals surface area contributed by atoms with Crippen LogP contribution in [0.5, 0.6) is 0 Å². The van der Waals surface area contributed by atoms with Crippen molar-refractivity contribution in [1.82, 2.24) is 4.57 Å². The molecule has 0 amide bonds. The number of hydrogen-bond donors (Lipinski definition) is 0. The first-order chi connectivity index (χ1) is 14.2. The van der Waals surface area contributed by atoms with E-state index in [1.54, 1.807) is 0 Å². The van der Waals surface area contributed by atoms with Crippen LogP contribution < -0.4 is 0 Å². The highest BCUT2D eigenvalue weighted by Gasteiger charge is 2.36. The molecule has 0 saturated heterocycles. The fourth-order valence-electron chi connectivity index (χ4n) is 5.53. The van der Waals surface area contributed by atoms with Gasteiger partial charge >= 0.3 is 0 Å². The summed E-state index contributed by atoms with van der Waals surface area (Å²) < 4.78 is 5.33. The molecule has 1 aliphatic heterocycles. The summed E-state index contributed by atoms with van der Waals surface area (Å²) in [5.74, 6) is 0. The van der Waals surface area contributed by atoms with Crippen LogP contribution in [-0.4, -0.2) is 4.57 Å². The third-order valence-electron chi connectivity index (χ3n) is 6.71. The van der Waals surface area contributed by atoms with Gasteiger partial charge in [0.1, 0.15) is 0 Å². The predicted molar refractivity (Wildman–Crippen MR) is 126 cm³/mol. The summed E-state index contributed by atoms with van der Waals surface area (Å²) in [5.41, 5.74) is 6.78. The molecular weight excluding hydrogens is 370 g/mol. The van der Waals surface area contributed by atoms with E-state index in [1.165, 1.54) is 58.7 Å². The van der Waals surface area contributed by atoms with Crippen molar-refractivity contribution in [3.8, 4) is 11.1 Å². The quantitative estimate of drug-likeness (QED) is 0.249. The normalized spacial score (nSPS) is 14.8. The average Bonchev–Trinajstić information content (AvgIpc) is 3.28. The number of benzene rings is 4. The first-order valence-corrected chi connectivity index (χ1v) is 11.0. The van der Waals surface area contributed by atoms with Gasteiger partial charge in [-0.1, -0.05) is 60.7 Å². The Hall–Kier alpha value is -3.10. The summed E-state index contributed by atoms with van der Waals surface area (Å²) in [7, 11) is 0. The molecule has 0 radical (unpaired) electrons. The third-order valence-corrected chi connectivity index (χ3v) is 7.83. The van der Waals surface area contributed by atoms with E-state index in [0.717, 1.165) is 0 Å². The van der Waals surface area contributed by atoms with E-state index in [-0.39, 0.29) is 5.54 Å². The van der Waals surface area contributed by atoms with Gasteiger partial charge in [0.25, 0.3) is 0 Å². The van der Waals surface area contributed by atoms with Gasteiger partial charge in [0.15, 0.2) is 0 Å². The minimum Gasteiger partial charge on any atom is -0.330 e. The van der Waals surface area contributed by atoms with E-state index in [9.17, 15) is 0 Å². The molecule has 0 fully saturated rings. The second-order valence-corrected chi connectivity index (χ2v) is 9.66. The maximum atomic E-state index is 2.58. The zero-order valence-electron chi connectivity index (χ0n) is 16.4. The highest BCUT2D eigenvalue weighted by molar-refractivity contribution is 7.26. The topological polar surface area (TPSA) is 4.93 Å². The van der Waals surface area contributed by atoms with Crippen LogP contribution in [0.3, 0.4) is 0 Å². The van der Waals surface area contributed by atoms with Crippen molar-refractivity contribution in [3.05, 3.63) is 84.4 Å². The van der Waals surface area contributed by atoms with Crippen molar-refractivity contribution in [2.24, 2.45) is 0 Å². The van der Waals surface area contributed by atoms with E-state index in [0.29, 0.717) is 0 Å². The summed E-state index contributed by atoms with van der Waals surface area (Å²) in [6.07, 6.45) is 0. The van der Waals surface area contributed by atoms with E-state index in [4.69, 9.17) is 0 Å². The van der Waals surface area contributed by atoms with Gasteiger partial charge in [-0.25, -0.2) is 0 Å². The number of nitrogens with zero attached hydrogens (tertiary/aromatic N) is 1. The molecule has 1 aliphatic rings. The Morgan fingerprint density at radius 1 is 0.724 bits per heavy atom. The molecule has 0 atom stereocenters. The molecule has 1 nitrogen and oxygen atoms in total. The molecule has 4 aromatic carbocycles. The highest BCUT2D eigenvalue weighted by Crippen LogP contribution is 2.53. The van der Waals surface area contributed by atoms with Crippen LogP contribution in [0.15, 0.2) is 78.9 Å². The number of thiophene rings is 1. The summed E-state index contributed by atoms with van der Waals surface area (Å²) in [6, 6.07) is 29.2. The Morgan fingerprint density at radius 2 is 1.45 bits per heavy atom. The molecule has 0 unspecified atom stereocenters. The Morgan fingerprint density at radius 3 is 2.34 bits per heavy atom. The minimum atomic E-state index is -0.107. The molecule has 138 valence electrons. The van der Waals surface area contributed by atoms with Gasteiger partial charge in [-0.15, -0.1) is 11.3 Å². The number of rotatable bonds is 0. The first-order valence-electron chi connectivity index (χ1n) is 10.1. The van der Waals surface area contributed by atoms with Gasteiger partial charge < -0.3 is 4.57 Å². The van der Waals surface area contributed by atoms with Crippen LogP contribution in [0, 0.1) is 0 Å². The molecule has 7 rings (SSSR count). The molecule has 6 aromatic rings. The number of hydrogen-bond acceptors (Lipinski definition) is 1. The summed E-state index contributed by atoms with van der Waals surface area (Å²) in [5, 5.41) is 5.50. The monoisotopic (exact) mass is 389 g/mol. The second-order valence-electron chi connectivity index (χ2n) is 8.58. The maximum absolute atomic E-state index is 2.58. The lowest BCUT2D eigenvalue weighted by molar-refractivity contribution is 0.462. The fourth-order valence-corrected chi connectivity index (χ4v) is 6.68. The highest BCUT2D eigenvalue weighted by atomic mass is 32.1. The summed E-state index contributed by atoms with van der Waals surface area (Å²) in [4.78, 5) is 0. The first kappa shape index (κ1) is 15.8. The average molecular weight is 390 g/mol. The van der Waals surface area contributed by atoms with Crippen LogP contribution in [0.2, 0.25) is 0 Å². The molecule has 0 saturated carbocycles. The second kappa shape index (κ2) is 5.08. The smallest absolute Gasteiger partial charge is 0.0653 e. The molecule has 2 aromatic heterocycles. The summed E-state index contributed by atoms with van der Waals surface area (Å²) in [6.45, 7) is 4.72. The molecule has 3 heterocycles. The Bertz CT molecular complexity index is 1630. The Kier molecular flexibility index (Phi) is 2.77. The lowest BCUT2D eigenvalue weighted by Crippen LogP contribution is -2.30. The van der Waals surface area contributed by atoms with Crippen molar-refractivity contribution in [2.75, 3.05) is 0 Å². The van der Waals surface area contributed by atoms with E-state index in [1.807, 2.05) is 11.3 Å². The van der Waals surface area contributed by atoms with Crippen molar-refractivity contribution in [3.63, 3.8) is 0 Å². The van der Waals surface area contributed by atoms with E-state index >= 15 is 0 Å². The van der Waals surface area contributed by atoms with Gasteiger partial charge in [0, 0.05) is 42.0 Å². The van der Waals surface area contributed by atoms with Gasteiger partial charge in [-0.05, 0) is 43.2 Å². The van der Waals surface area contributed by atoms with Gasteiger partial charge in [-0.2, -0.15) is 0 Å². The largest absolute Gasteiger partial charge is 0.330 e. The molecule has 0 spiro atoms.